The molecule has 0 fully saturated rings. The van der Waals surface area contributed by atoms with Crippen LogP contribution in [0.3, 0.4) is 0 Å². The molecule has 0 aliphatic carbocycles. The first-order valence-corrected chi connectivity index (χ1v) is 5.58. The molecule has 0 atom stereocenters. The van der Waals surface area contributed by atoms with Crippen molar-refractivity contribution in [3.63, 3.8) is 0 Å². The highest BCUT2D eigenvalue weighted by Gasteiger charge is 1.93. The largest absolute Gasteiger partial charge is 0.371 e. The molecule has 0 bridgehead atoms. The third kappa shape index (κ3) is 3.17. The number of anilines is 1. The van der Waals surface area contributed by atoms with Gasteiger partial charge in [0.2, 0.25) is 0 Å². The van der Waals surface area contributed by atoms with E-state index in [1.165, 1.54) is 5.56 Å². The lowest BCUT2D eigenvalue weighted by atomic mass is 10.1. The second-order valence-electron chi connectivity index (χ2n) is 3.46. The fourth-order valence-electron chi connectivity index (χ4n) is 1.46. The van der Waals surface area contributed by atoms with Crippen molar-refractivity contribution in [2.24, 2.45) is 0 Å². The monoisotopic (exact) mass is 231 g/mol. The van der Waals surface area contributed by atoms with E-state index >= 15 is 0 Å². The molecule has 2 rings (SSSR count). The van der Waals surface area contributed by atoms with Crippen LogP contribution in [0.4, 0.5) is 5.82 Å². The highest BCUT2D eigenvalue weighted by atomic mass is 32.1. The number of benzene rings is 1. The van der Waals surface area contributed by atoms with Crippen molar-refractivity contribution >= 4 is 18.0 Å². The lowest BCUT2D eigenvalue weighted by Crippen LogP contribution is -2.06. The number of nitrogens with one attached hydrogen (secondary N) is 2. The molecule has 0 spiro atoms. The Morgan fingerprint density at radius 3 is 2.81 bits per heavy atom. The minimum atomic E-state index is 0.598. The van der Waals surface area contributed by atoms with E-state index < -0.39 is 0 Å². The van der Waals surface area contributed by atoms with E-state index in [4.69, 9.17) is 12.2 Å². The van der Waals surface area contributed by atoms with Gasteiger partial charge in [-0.05, 0) is 12.0 Å². The van der Waals surface area contributed by atoms with Crippen LogP contribution in [0.1, 0.15) is 5.56 Å². The molecule has 2 aromatic rings. The maximum Gasteiger partial charge on any atom is 0.131 e. The Balaban J connectivity index is 1.87. The Labute approximate surface area is 99.6 Å². The summed E-state index contributed by atoms with van der Waals surface area (Å²) in [5.41, 5.74) is 1.32. The second kappa shape index (κ2) is 5.42. The number of aromatic amines is 1. The van der Waals surface area contributed by atoms with Crippen LogP contribution >= 0.6 is 12.2 Å². The maximum atomic E-state index is 4.97. The molecule has 2 N–H and O–H groups in total. The van der Waals surface area contributed by atoms with E-state index in [1.807, 2.05) is 12.1 Å². The third-order valence-corrected chi connectivity index (χ3v) is 2.47. The smallest absolute Gasteiger partial charge is 0.131 e. The van der Waals surface area contributed by atoms with Crippen LogP contribution in [0.25, 0.3) is 0 Å². The molecule has 1 aromatic carbocycles. The average Bonchev–Trinajstić information content (AvgIpc) is 2.30. The zero-order valence-electron chi connectivity index (χ0n) is 8.81. The van der Waals surface area contributed by atoms with Gasteiger partial charge in [-0.2, -0.15) is 0 Å². The van der Waals surface area contributed by atoms with Gasteiger partial charge in [-0.1, -0.05) is 42.5 Å². The SMILES string of the molecule is S=c1cc(NCCc2ccccc2)[nH]cn1. The Kier molecular flexibility index (Phi) is 3.66. The molecule has 0 unspecified atom stereocenters. The summed E-state index contributed by atoms with van der Waals surface area (Å²) in [6.45, 7) is 0.874. The lowest BCUT2D eigenvalue weighted by molar-refractivity contribution is 0.998. The van der Waals surface area contributed by atoms with Crippen LogP contribution in [0.2, 0.25) is 0 Å². The summed E-state index contributed by atoms with van der Waals surface area (Å²) < 4.78 is 0.598. The Hall–Kier alpha value is -1.68. The standard InChI is InChI=1S/C12H13N3S/c16-12-8-11(14-9-15-12)13-7-6-10-4-2-1-3-5-10/h1-5,8-9H,6-7H2,(H2,13,14,15,16). The molecule has 3 nitrogen and oxygen atoms in total. The van der Waals surface area contributed by atoms with Crippen molar-refractivity contribution in [3.05, 3.63) is 52.9 Å². The summed E-state index contributed by atoms with van der Waals surface area (Å²) >= 11 is 4.97. The van der Waals surface area contributed by atoms with Crippen molar-refractivity contribution < 1.29 is 0 Å². The van der Waals surface area contributed by atoms with Crippen molar-refractivity contribution in [1.82, 2.24) is 9.97 Å². The second-order valence-corrected chi connectivity index (χ2v) is 3.88. The maximum absolute atomic E-state index is 4.97. The molecule has 0 aliphatic heterocycles. The van der Waals surface area contributed by atoms with E-state index in [0.717, 1.165) is 18.8 Å². The molecular formula is C12H13N3S. The molecule has 0 saturated heterocycles. The molecule has 1 heterocycles. The Bertz CT molecular complexity index is 493. The fourth-order valence-corrected chi connectivity index (χ4v) is 1.63. The number of hydrogen-bond acceptors (Lipinski definition) is 3. The van der Waals surface area contributed by atoms with E-state index in [2.05, 4.69) is 39.6 Å². The number of aromatic nitrogens is 2. The highest BCUT2D eigenvalue weighted by molar-refractivity contribution is 7.71. The number of H-pyrrole nitrogens is 1. The first-order valence-electron chi connectivity index (χ1n) is 5.17. The fraction of sp³-hybridized carbons (Fsp3) is 0.167. The molecule has 0 radical (unpaired) electrons. The highest BCUT2D eigenvalue weighted by Crippen LogP contribution is 2.02. The van der Waals surface area contributed by atoms with Gasteiger partial charge in [-0.15, -0.1) is 0 Å². The summed E-state index contributed by atoms with van der Waals surface area (Å²) in [6, 6.07) is 12.2. The topological polar surface area (TPSA) is 40.7 Å². The van der Waals surface area contributed by atoms with Crippen LogP contribution in [0, 0.1) is 4.64 Å². The Morgan fingerprint density at radius 2 is 2.06 bits per heavy atom. The van der Waals surface area contributed by atoms with Gasteiger partial charge in [0.05, 0.1) is 6.33 Å². The summed E-state index contributed by atoms with van der Waals surface area (Å²) in [7, 11) is 0. The van der Waals surface area contributed by atoms with E-state index in [1.54, 1.807) is 6.33 Å². The summed E-state index contributed by atoms with van der Waals surface area (Å²) in [5, 5.41) is 3.27. The quantitative estimate of drug-likeness (QED) is 0.795. The van der Waals surface area contributed by atoms with Gasteiger partial charge >= 0.3 is 0 Å². The van der Waals surface area contributed by atoms with Crippen molar-refractivity contribution in [3.8, 4) is 0 Å². The van der Waals surface area contributed by atoms with Gasteiger partial charge in [-0.25, -0.2) is 4.98 Å². The minimum Gasteiger partial charge on any atom is -0.371 e. The van der Waals surface area contributed by atoms with E-state index in [0.29, 0.717) is 4.64 Å². The minimum absolute atomic E-state index is 0.598. The van der Waals surface area contributed by atoms with E-state index in [9.17, 15) is 0 Å². The van der Waals surface area contributed by atoms with Crippen molar-refractivity contribution in [2.45, 2.75) is 6.42 Å². The first-order chi connectivity index (χ1) is 7.84. The zero-order valence-corrected chi connectivity index (χ0v) is 9.63. The molecule has 82 valence electrons. The summed E-state index contributed by atoms with van der Waals surface area (Å²) in [4.78, 5) is 6.93. The van der Waals surface area contributed by atoms with Gasteiger partial charge in [0.25, 0.3) is 0 Å². The van der Waals surface area contributed by atoms with Gasteiger partial charge < -0.3 is 10.3 Å². The number of rotatable bonds is 4. The average molecular weight is 231 g/mol. The number of nitrogens with zero attached hydrogens (tertiary/aromatic N) is 1. The first kappa shape index (κ1) is 10.8. The van der Waals surface area contributed by atoms with Crippen LogP contribution < -0.4 is 5.32 Å². The van der Waals surface area contributed by atoms with Crippen LogP contribution in [-0.4, -0.2) is 16.5 Å². The summed E-state index contributed by atoms with van der Waals surface area (Å²) in [6.07, 6.45) is 2.59. The molecule has 1 aromatic heterocycles. The molecule has 0 aliphatic rings. The van der Waals surface area contributed by atoms with E-state index in [-0.39, 0.29) is 0 Å². The van der Waals surface area contributed by atoms with Gasteiger partial charge in [0.15, 0.2) is 0 Å². The van der Waals surface area contributed by atoms with Gasteiger partial charge in [-0.3, -0.25) is 0 Å². The molecular weight excluding hydrogens is 218 g/mol. The van der Waals surface area contributed by atoms with Gasteiger partial charge in [0.1, 0.15) is 10.5 Å². The predicted molar refractivity (Wildman–Crippen MR) is 68.1 cm³/mol. The molecule has 4 heteroatoms. The molecule has 0 saturated carbocycles. The predicted octanol–water partition coefficient (Wildman–Crippen LogP) is 2.79. The van der Waals surface area contributed by atoms with Crippen molar-refractivity contribution in [2.75, 3.05) is 11.9 Å². The Morgan fingerprint density at radius 1 is 1.25 bits per heavy atom. The summed E-state index contributed by atoms with van der Waals surface area (Å²) in [5.74, 6) is 0.913. The van der Waals surface area contributed by atoms with Crippen LogP contribution in [0.15, 0.2) is 42.7 Å². The van der Waals surface area contributed by atoms with Crippen LogP contribution in [0.5, 0.6) is 0 Å². The van der Waals surface area contributed by atoms with Crippen molar-refractivity contribution in [1.29, 1.82) is 0 Å². The normalized spacial score (nSPS) is 10.0. The third-order valence-electron chi connectivity index (χ3n) is 2.25. The lowest BCUT2D eigenvalue weighted by Gasteiger charge is -2.05. The van der Waals surface area contributed by atoms with Crippen LogP contribution in [-0.2, 0) is 6.42 Å². The number of hydrogen-bond donors (Lipinski definition) is 2. The van der Waals surface area contributed by atoms with Gasteiger partial charge in [0, 0.05) is 12.6 Å². The molecule has 0 amide bonds. The zero-order chi connectivity index (χ0) is 11.2. The molecule has 16 heavy (non-hydrogen) atoms.